The highest BCUT2D eigenvalue weighted by Crippen LogP contribution is 2.29. The van der Waals surface area contributed by atoms with Crippen molar-refractivity contribution in [2.45, 2.75) is 20.3 Å². The van der Waals surface area contributed by atoms with Crippen molar-refractivity contribution in [3.63, 3.8) is 0 Å². The number of nitriles is 1. The Morgan fingerprint density at radius 2 is 2.03 bits per heavy atom. The molecule has 0 saturated carbocycles. The van der Waals surface area contributed by atoms with Crippen LogP contribution >= 0.6 is 11.6 Å². The Morgan fingerprint density at radius 1 is 1.21 bits per heavy atom. The first-order chi connectivity index (χ1) is 15.9. The van der Waals surface area contributed by atoms with E-state index in [9.17, 15) is 4.79 Å². The summed E-state index contributed by atoms with van der Waals surface area (Å²) in [6, 6.07) is 13.2. The molecule has 166 valence electrons. The number of nitrogens with one attached hydrogen (secondary N) is 2. The Bertz CT molecular complexity index is 1280. The van der Waals surface area contributed by atoms with Gasteiger partial charge in [0.05, 0.1) is 10.6 Å². The van der Waals surface area contributed by atoms with E-state index in [0.29, 0.717) is 29.0 Å². The van der Waals surface area contributed by atoms with E-state index in [1.807, 2.05) is 37.3 Å². The molecule has 0 fully saturated rings. The minimum atomic E-state index is -0.126. The van der Waals surface area contributed by atoms with Crippen LogP contribution in [0.3, 0.4) is 0 Å². The van der Waals surface area contributed by atoms with E-state index in [1.54, 1.807) is 6.07 Å². The van der Waals surface area contributed by atoms with Gasteiger partial charge in [0.1, 0.15) is 12.4 Å². The monoisotopic (exact) mass is 459 g/mol. The molecule has 1 aromatic heterocycles. The fraction of sp³-hybridized carbons (Fsp3) is 0.208. The highest BCUT2D eigenvalue weighted by Gasteiger charge is 2.17. The molecule has 2 N–H and O–H groups in total. The smallest absolute Gasteiger partial charge is 0.232 e. The second-order valence-electron chi connectivity index (χ2n) is 7.63. The standard InChI is InChI=1S/C24H22ClN7O/c1-15-21(29-16(2)33)4-3-5-22(15)30-23-27-14-28-24(31-23)32-10-8-17(9-11-32)18-6-7-19(13-26)20(25)12-18/h3-8,12,14H,9-11H2,1-2H3,(H,29,33)(H,27,28,30,31). The lowest BCUT2D eigenvalue weighted by Crippen LogP contribution is -2.30. The topological polar surface area (TPSA) is 107 Å². The molecule has 1 aliphatic heterocycles. The van der Waals surface area contributed by atoms with Gasteiger partial charge in [-0.05, 0) is 54.3 Å². The summed E-state index contributed by atoms with van der Waals surface area (Å²) in [5.41, 5.74) is 5.10. The molecule has 0 spiro atoms. The summed E-state index contributed by atoms with van der Waals surface area (Å²) in [6.45, 7) is 4.78. The van der Waals surface area contributed by atoms with Gasteiger partial charge >= 0.3 is 0 Å². The Kier molecular flexibility index (Phi) is 6.52. The molecule has 1 aliphatic rings. The van der Waals surface area contributed by atoms with Gasteiger partial charge in [0.2, 0.25) is 17.8 Å². The van der Waals surface area contributed by atoms with Crippen LogP contribution in [0.2, 0.25) is 5.02 Å². The number of anilines is 4. The molecule has 0 saturated heterocycles. The van der Waals surface area contributed by atoms with Crippen molar-refractivity contribution in [2.24, 2.45) is 0 Å². The normalized spacial score (nSPS) is 13.2. The number of carbonyl (C=O) groups excluding carboxylic acids is 1. The molecular weight excluding hydrogens is 438 g/mol. The van der Waals surface area contributed by atoms with Gasteiger partial charge in [0.15, 0.2) is 0 Å². The Hall–Kier alpha value is -3.96. The summed E-state index contributed by atoms with van der Waals surface area (Å²) in [7, 11) is 0. The van der Waals surface area contributed by atoms with Crippen LogP contribution in [-0.4, -0.2) is 33.9 Å². The number of halogens is 1. The maximum absolute atomic E-state index is 11.4. The first kappa shape index (κ1) is 22.2. The van der Waals surface area contributed by atoms with Gasteiger partial charge in [-0.2, -0.15) is 10.2 Å². The van der Waals surface area contributed by atoms with E-state index in [-0.39, 0.29) is 5.91 Å². The summed E-state index contributed by atoms with van der Waals surface area (Å²) in [4.78, 5) is 26.7. The third-order valence-corrected chi connectivity index (χ3v) is 5.72. The van der Waals surface area contributed by atoms with Gasteiger partial charge in [-0.15, -0.1) is 0 Å². The van der Waals surface area contributed by atoms with Gasteiger partial charge in [0, 0.05) is 31.4 Å². The third kappa shape index (κ3) is 5.10. The van der Waals surface area contributed by atoms with Crippen LogP contribution in [0.1, 0.15) is 30.0 Å². The molecule has 1 amide bonds. The van der Waals surface area contributed by atoms with Crippen molar-refractivity contribution in [1.82, 2.24) is 15.0 Å². The van der Waals surface area contributed by atoms with Crippen molar-refractivity contribution in [3.05, 3.63) is 70.5 Å². The SMILES string of the molecule is CC(=O)Nc1cccc(Nc2ncnc(N3CC=C(c4ccc(C#N)c(Cl)c4)CC3)n2)c1C. The van der Waals surface area contributed by atoms with Crippen LogP contribution in [-0.2, 0) is 4.79 Å². The quantitative estimate of drug-likeness (QED) is 0.569. The van der Waals surface area contributed by atoms with Gasteiger partial charge < -0.3 is 15.5 Å². The van der Waals surface area contributed by atoms with Crippen LogP contribution in [0.4, 0.5) is 23.3 Å². The van der Waals surface area contributed by atoms with E-state index in [2.05, 4.69) is 42.6 Å². The second kappa shape index (κ2) is 9.67. The van der Waals surface area contributed by atoms with Crippen LogP contribution in [0, 0.1) is 18.3 Å². The Labute approximate surface area is 197 Å². The van der Waals surface area contributed by atoms with Crippen molar-refractivity contribution in [1.29, 1.82) is 5.26 Å². The minimum Gasteiger partial charge on any atom is -0.337 e. The summed E-state index contributed by atoms with van der Waals surface area (Å²) in [5, 5.41) is 15.6. The average molecular weight is 460 g/mol. The number of nitrogens with zero attached hydrogens (tertiary/aromatic N) is 5. The van der Waals surface area contributed by atoms with Crippen LogP contribution in [0.15, 0.2) is 48.8 Å². The molecule has 3 aromatic rings. The van der Waals surface area contributed by atoms with Crippen LogP contribution in [0.5, 0.6) is 0 Å². The molecule has 0 bridgehead atoms. The predicted molar refractivity (Wildman–Crippen MR) is 130 cm³/mol. The lowest BCUT2D eigenvalue weighted by atomic mass is 9.98. The van der Waals surface area contributed by atoms with E-state index in [4.69, 9.17) is 16.9 Å². The highest BCUT2D eigenvalue weighted by atomic mass is 35.5. The maximum atomic E-state index is 11.4. The number of aromatic nitrogens is 3. The van der Waals surface area contributed by atoms with Gasteiger partial charge in [-0.1, -0.05) is 29.8 Å². The molecule has 2 aromatic carbocycles. The van der Waals surface area contributed by atoms with Crippen molar-refractivity contribution < 1.29 is 4.79 Å². The summed E-state index contributed by atoms with van der Waals surface area (Å²) >= 11 is 6.19. The molecule has 0 atom stereocenters. The van der Waals surface area contributed by atoms with Gasteiger partial charge in [0.25, 0.3) is 0 Å². The minimum absolute atomic E-state index is 0.126. The van der Waals surface area contributed by atoms with E-state index in [0.717, 1.165) is 35.5 Å². The second-order valence-corrected chi connectivity index (χ2v) is 8.03. The summed E-state index contributed by atoms with van der Waals surface area (Å²) in [5.74, 6) is 0.881. The number of hydrogen-bond donors (Lipinski definition) is 2. The molecule has 0 unspecified atom stereocenters. The van der Waals surface area contributed by atoms with Gasteiger partial charge in [-0.25, -0.2) is 9.97 Å². The van der Waals surface area contributed by atoms with Crippen molar-refractivity contribution >= 4 is 46.4 Å². The molecule has 2 heterocycles. The van der Waals surface area contributed by atoms with Crippen LogP contribution in [0.25, 0.3) is 5.57 Å². The lowest BCUT2D eigenvalue weighted by Gasteiger charge is -2.26. The van der Waals surface area contributed by atoms with E-state index in [1.165, 1.54) is 18.8 Å². The molecule has 0 radical (unpaired) electrons. The number of rotatable bonds is 5. The van der Waals surface area contributed by atoms with Crippen molar-refractivity contribution in [2.75, 3.05) is 28.6 Å². The first-order valence-electron chi connectivity index (χ1n) is 10.4. The molecule has 33 heavy (non-hydrogen) atoms. The highest BCUT2D eigenvalue weighted by molar-refractivity contribution is 6.31. The zero-order chi connectivity index (χ0) is 23.4. The largest absolute Gasteiger partial charge is 0.337 e. The average Bonchev–Trinajstić information content (AvgIpc) is 2.82. The zero-order valence-corrected chi connectivity index (χ0v) is 19.0. The Balaban J connectivity index is 1.49. The lowest BCUT2D eigenvalue weighted by molar-refractivity contribution is -0.114. The molecule has 8 nitrogen and oxygen atoms in total. The zero-order valence-electron chi connectivity index (χ0n) is 18.3. The number of hydrogen-bond acceptors (Lipinski definition) is 7. The molecule has 0 aliphatic carbocycles. The van der Waals surface area contributed by atoms with Crippen LogP contribution < -0.4 is 15.5 Å². The van der Waals surface area contributed by atoms with E-state index < -0.39 is 0 Å². The number of carbonyl (C=O) groups is 1. The third-order valence-electron chi connectivity index (χ3n) is 5.40. The summed E-state index contributed by atoms with van der Waals surface area (Å²) < 4.78 is 0. The number of benzene rings is 2. The predicted octanol–water partition coefficient (Wildman–Crippen LogP) is 4.70. The van der Waals surface area contributed by atoms with Crippen molar-refractivity contribution in [3.8, 4) is 6.07 Å². The Morgan fingerprint density at radius 3 is 2.73 bits per heavy atom. The van der Waals surface area contributed by atoms with Gasteiger partial charge in [-0.3, -0.25) is 4.79 Å². The first-order valence-corrected chi connectivity index (χ1v) is 10.8. The fourth-order valence-corrected chi connectivity index (χ4v) is 3.86. The summed E-state index contributed by atoms with van der Waals surface area (Å²) in [6.07, 6.45) is 4.41. The molecule has 4 rings (SSSR count). The molecular formula is C24H22ClN7O. The number of amides is 1. The fourth-order valence-electron chi connectivity index (χ4n) is 3.64. The maximum Gasteiger partial charge on any atom is 0.232 e. The van der Waals surface area contributed by atoms with E-state index >= 15 is 0 Å². The molecule has 9 heteroatoms.